The van der Waals surface area contributed by atoms with Crippen LogP contribution < -0.4 is 10.1 Å². The van der Waals surface area contributed by atoms with Crippen molar-refractivity contribution in [3.63, 3.8) is 0 Å². The molecule has 17 heavy (non-hydrogen) atoms. The topological polar surface area (TPSA) is 41.5 Å². The molecule has 1 aromatic rings. The van der Waals surface area contributed by atoms with Gasteiger partial charge in [-0.15, -0.1) is 0 Å². The van der Waals surface area contributed by atoms with Gasteiger partial charge in [0.25, 0.3) is 0 Å². The van der Waals surface area contributed by atoms with Gasteiger partial charge in [0.1, 0.15) is 12.4 Å². The average Bonchev–Trinajstić information content (AvgIpc) is 2.36. The molecule has 0 fully saturated rings. The first-order chi connectivity index (χ1) is 8.09. The second-order valence-corrected chi connectivity index (χ2v) is 4.75. The minimum absolute atomic E-state index is 0.0683. The van der Waals surface area contributed by atoms with Gasteiger partial charge >= 0.3 is 0 Å². The van der Waals surface area contributed by atoms with Gasteiger partial charge in [-0.25, -0.2) is 0 Å². The Morgan fingerprint density at radius 2 is 1.94 bits per heavy atom. The molecule has 1 atom stereocenters. The molecule has 0 bridgehead atoms. The maximum Gasteiger partial charge on any atom is 0.119 e. The molecule has 1 unspecified atom stereocenters. The summed E-state index contributed by atoms with van der Waals surface area (Å²) in [6, 6.07) is 7.94. The Kier molecular flexibility index (Phi) is 5.45. The lowest BCUT2D eigenvalue weighted by atomic mass is 10.1. The molecule has 0 aliphatic rings. The van der Waals surface area contributed by atoms with Gasteiger partial charge in [-0.3, -0.25) is 0 Å². The highest BCUT2D eigenvalue weighted by atomic mass is 16.5. The molecular weight excluding hydrogens is 214 g/mol. The van der Waals surface area contributed by atoms with Gasteiger partial charge in [0, 0.05) is 0 Å². The molecule has 1 rings (SSSR count). The molecule has 0 spiro atoms. The predicted molar refractivity (Wildman–Crippen MR) is 70.5 cm³/mol. The van der Waals surface area contributed by atoms with Crippen molar-refractivity contribution in [3.8, 4) is 5.75 Å². The lowest BCUT2D eigenvalue weighted by molar-refractivity contribution is 0.116. The summed E-state index contributed by atoms with van der Waals surface area (Å²) in [5.41, 5.74) is 0.840. The van der Waals surface area contributed by atoms with Crippen LogP contribution >= 0.6 is 0 Å². The number of hydrogen-bond donors (Lipinski definition) is 2. The van der Waals surface area contributed by atoms with Gasteiger partial charge in [0.2, 0.25) is 0 Å². The lowest BCUT2D eigenvalue weighted by Crippen LogP contribution is -2.50. The van der Waals surface area contributed by atoms with Crippen LogP contribution in [0.25, 0.3) is 0 Å². The van der Waals surface area contributed by atoms with Crippen LogP contribution in [0.5, 0.6) is 5.75 Å². The molecule has 0 saturated carbocycles. The molecule has 0 saturated heterocycles. The fourth-order valence-corrected chi connectivity index (χ4v) is 1.46. The van der Waals surface area contributed by atoms with Gasteiger partial charge in [-0.1, -0.05) is 24.6 Å². The molecular formula is C14H23NO2. The van der Waals surface area contributed by atoms with Crippen LogP contribution in [-0.2, 0) is 0 Å². The fourth-order valence-electron chi connectivity index (χ4n) is 1.46. The molecule has 0 radical (unpaired) electrons. The Bertz CT molecular complexity index is 323. The summed E-state index contributed by atoms with van der Waals surface area (Å²) in [4.78, 5) is 0. The highest BCUT2D eigenvalue weighted by molar-refractivity contribution is 5.26. The molecule has 0 aliphatic heterocycles. The summed E-state index contributed by atoms with van der Waals surface area (Å²) in [7, 11) is 0. The van der Waals surface area contributed by atoms with Crippen molar-refractivity contribution in [3.05, 3.63) is 29.8 Å². The molecule has 0 heterocycles. The maximum absolute atomic E-state index is 9.39. The number of nitrogens with one attached hydrogen (secondary N) is 1. The van der Waals surface area contributed by atoms with Crippen molar-refractivity contribution in [1.82, 2.24) is 5.32 Å². The van der Waals surface area contributed by atoms with Crippen LogP contribution in [0.3, 0.4) is 0 Å². The molecule has 1 aromatic carbocycles. The zero-order chi connectivity index (χ0) is 12.7. The highest BCUT2D eigenvalue weighted by Crippen LogP contribution is 2.14. The van der Waals surface area contributed by atoms with Gasteiger partial charge in [-0.05, 0) is 38.9 Å². The van der Waals surface area contributed by atoms with Crippen molar-refractivity contribution in [2.75, 3.05) is 19.8 Å². The van der Waals surface area contributed by atoms with Crippen LogP contribution in [0, 0.1) is 6.92 Å². The van der Waals surface area contributed by atoms with Crippen molar-refractivity contribution >= 4 is 0 Å². The first-order valence-electron chi connectivity index (χ1n) is 6.15. The number of aliphatic hydroxyl groups excluding tert-OH is 1. The van der Waals surface area contributed by atoms with Crippen molar-refractivity contribution < 1.29 is 9.84 Å². The molecule has 0 aromatic heterocycles. The van der Waals surface area contributed by atoms with E-state index in [2.05, 4.69) is 12.2 Å². The zero-order valence-corrected chi connectivity index (χ0v) is 11.0. The van der Waals surface area contributed by atoms with Crippen LogP contribution in [0.2, 0.25) is 0 Å². The van der Waals surface area contributed by atoms with Crippen LogP contribution in [0.4, 0.5) is 0 Å². The molecule has 2 N–H and O–H groups in total. The Morgan fingerprint density at radius 3 is 2.47 bits per heavy atom. The van der Waals surface area contributed by atoms with E-state index in [0.29, 0.717) is 6.61 Å². The average molecular weight is 237 g/mol. The third-order valence-electron chi connectivity index (χ3n) is 2.73. The minimum atomic E-state index is -0.374. The van der Waals surface area contributed by atoms with Crippen molar-refractivity contribution in [1.29, 1.82) is 0 Å². The first kappa shape index (κ1) is 14.0. The summed E-state index contributed by atoms with van der Waals surface area (Å²) in [5, 5.41) is 12.7. The summed E-state index contributed by atoms with van der Waals surface area (Å²) in [5.74, 6) is 0.841. The highest BCUT2D eigenvalue weighted by Gasteiger charge is 2.23. The Hall–Kier alpha value is -1.06. The second-order valence-electron chi connectivity index (χ2n) is 4.75. The number of aliphatic hydroxyl groups is 1. The van der Waals surface area contributed by atoms with Gasteiger partial charge in [-0.2, -0.15) is 0 Å². The van der Waals surface area contributed by atoms with E-state index in [0.717, 1.165) is 18.7 Å². The number of ether oxygens (including phenoxy) is 1. The van der Waals surface area contributed by atoms with Gasteiger partial charge in [0.15, 0.2) is 0 Å². The summed E-state index contributed by atoms with van der Waals surface area (Å²) >= 11 is 0. The quantitative estimate of drug-likeness (QED) is 0.763. The van der Waals surface area contributed by atoms with Crippen molar-refractivity contribution in [2.45, 2.75) is 32.7 Å². The molecule has 3 nitrogen and oxygen atoms in total. The van der Waals surface area contributed by atoms with E-state index in [1.165, 1.54) is 5.56 Å². The van der Waals surface area contributed by atoms with Gasteiger partial charge < -0.3 is 15.2 Å². The minimum Gasteiger partial charge on any atom is -0.492 e. The molecule has 0 amide bonds. The molecule has 0 aliphatic carbocycles. The number of rotatable bonds is 7. The maximum atomic E-state index is 9.39. The van der Waals surface area contributed by atoms with Crippen LogP contribution in [-0.4, -0.2) is 30.4 Å². The molecule has 3 heteroatoms. The third kappa shape index (κ3) is 4.75. The third-order valence-corrected chi connectivity index (χ3v) is 2.73. The van der Waals surface area contributed by atoms with Crippen LogP contribution in [0.1, 0.15) is 25.8 Å². The van der Waals surface area contributed by atoms with E-state index in [4.69, 9.17) is 4.74 Å². The van der Waals surface area contributed by atoms with E-state index < -0.39 is 0 Å². The van der Waals surface area contributed by atoms with Gasteiger partial charge in [0.05, 0.1) is 12.1 Å². The summed E-state index contributed by atoms with van der Waals surface area (Å²) in [6.45, 7) is 7.53. The van der Waals surface area contributed by atoms with Crippen LogP contribution in [0.15, 0.2) is 24.3 Å². The summed E-state index contributed by atoms with van der Waals surface area (Å²) in [6.07, 6.45) is 1.04. The standard InChI is InChI=1S/C14H23NO2/c1-4-9-15-14(3,10-16)11-17-13-7-5-12(2)6-8-13/h5-8,15-16H,4,9-11H2,1-3H3. The number of aryl methyl sites for hydroxylation is 1. The molecule has 96 valence electrons. The first-order valence-corrected chi connectivity index (χ1v) is 6.15. The van der Waals surface area contributed by atoms with E-state index in [-0.39, 0.29) is 12.1 Å². The number of hydrogen-bond acceptors (Lipinski definition) is 3. The van der Waals surface area contributed by atoms with E-state index in [9.17, 15) is 5.11 Å². The SMILES string of the molecule is CCCNC(C)(CO)COc1ccc(C)cc1. The Morgan fingerprint density at radius 1 is 1.29 bits per heavy atom. The monoisotopic (exact) mass is 237 g/mol. The predicted octanol–water partition coefficient (Wildman–Crippen LogP) is 2.12. The normalized spacial score (nSPS) is 14.4. The fraction of sp³-hybridized carbons (Fsp3) is 0.571. The van der Waals surface area contributed by atoms with E-state index in [1.807, 2.05) is 38.1 Å². The van der Waals surface area contributed by atoms with E-state index in [1.54, 1.807) is 0 Å². The number of benzene rings is 1. The van der Waals surface area contributed by atoms with E-state index >= 15 is 0 Å². The summed E-state index contributed by atoms with van der Waals surface area (Å²) < 4.78 is 5.69. The smallest absolute Gasteiger partial charge is 0.119 e. The van der Waals surface area contributed by atoms with Crippen molar-refractivity contribution in [2.24, 2.45) is 0 Å². The Labute approximate surface area is 104 Å². The second kappa shape index (κ2) is 6.62. The Balaban J connectivity index is 2.49. The zero-order valence-electron chi connectivity index (χ0n) is 11.0. The largest absolute Gasteiger partial charge is 0.492 e. The lowest BCUT2D eigenvalue weighted by Gasteiger charge is -2.28.